The highest BCUT2D eigenvalue weighted by Crippen LogP contribution is 2.36. The molecular weight excluding hydrogens is 397 g/mol. The smallest absolute Gasteiger partial charge is 0.350 e. The zero-order valence-corrected chi connectivity index (χ0v) is 15.5. The fourth-order valence-corrected chi connectivity index (χ4v) is 3.22. The highest BCUT2D eigenvalue weighted by molar-refractivity contribution is 6.32. The number of amides is 3. The van der Waals surface area contributed by atoms with Crippen molar-refractivity contribution in [2.45, 2.75) is 18.8 Å². The Morgan fingerprint density at radius 1 is 1.32 bits per heavy atom. The molecule has 148 valence electrons. The zero-order chi connectivity index (χ0) is 20.5. The number of urea groups is 1. The molecule has 1 N–H and O–H groups in total. The van der Waals surface area contributed by atoms with E-state index in [1.807, 2.05) is 0 Å². The average Bonchev–Trinajstić information content (AvgIpc) is 2.96. The molecule has 0 bridgehead atoms. The van der Waals surface area contributed by atoms with Gasteiger partial charge in [-0.1, -0.05) is 23.7 Å². The number of pyridine rings is 1. The molecule has 1 aromatic heterocycles. The number of benzene rings is 1. The maximum absolute atomic E-state index is 12.9. The van der Waals surface area contributed by atoms with Crippen LogP contribution in [-0.2, 0) is 17.5 Å². The van der Waals surface area contributed by atoms with E-state index in [0.29, 0.717) is 5.69 Å². The number of carbonyl (C=O) groups is 2. The number of rotatable bonds is 4. The maximum Gasteiger partial charge on any atom is 0.417 e. The van der Waals surface area contributed by atoms with Crippen LogP contribution < -0.4 is 10.2 Å². The lowest BCUT2D eigenvalue weighted by molar-refractivity contribution is -0.137. The minimum absolute atomic E-state index is 0.100. The van der Waals surface area contributed by atoms with E-state index in [-0.39, 0.29) is 24.7 Å². The minimum atomic E-state index is -4.58. The standard InChI is InChI=1S/C18H16ClF3N4O2/c1-25-14(10-26(17(25)28)12-5-3-7-23-9-12)16(27)24-8-11-4-2-6-13(15(11)19)18(20,21)22/h2-7,9,14H,8,10H2,1H3,(H,24,27). The van der Waals surface area contributed by atoms with E-state index >= 15 is 0 Å². The van der Waals surface area contributed by atoms with Crippen molar-refractivity contribution < 1.29 is 22.8 Å². The molecular formula is C18H16ClF3N4O2. The molecule has 1 aliphatic heterocycles. The van der Waals surface area contributed by atoms with Crippen LogP contribution in [0.5, 0.6) is 0 Å². The van der Waals surface area contributed by atoms with Crippen molar-refractivity contribution in [2.75, 3.05) is 18.5 Å². The van der Waals surface area contributed by atoms with E-state index < -0.39 is 28.7 Å². The van der Waals surface area contributed by atoms with Crippen LogP contribution in [0.4, 0.5) is 23.7 Å². The van der Waals surface area contributed by atoms with Gasteiger partial charge in [-0.2, -0.15) is 13.2 Å². The van der Waals surface area contributed by atoms with Gasteiger partial charge in [0, 0.05) is 19.8 Å². The van der Waals surface area contributed by atoms with Gasteiger partial charge < -0.3 is 10.2 Å². The fourth-order valence-electron chi connectivity index (χ4n) is 2.92. The first-order valence-electron chi connectivity index (χ1n) is 8.27. The number of hydrogen-bond acceptors (Lipinski definition) is 3. The molecule has 1 saturated heterocycles. The molecule has 3 amide bonds. The topological polar surface area (TPSA) is 65.5 Å². The zero-order valence-electron chi connectivity index (χ0n) is 14.7. The number of hydrogen-bond donors (Lipinski definition) is 1. The molecule has 1 aromatic carbocycles. The minimum Gasteiger partial charge on any atom is -0.350 e. The third-order valence-electron chi connectivity index (χ3n) is 4.45. The molecule has 0 radical (unpaired) electrons. The van der Waals surface area contributed by atoms with Crippen LogP contribution in [0.1, 0.15) is 11.1 Å². The number of nitrogens with one attached hydrogen (secondary N) is 1. The van der Waals surface area contributed by atoms with Crippen molar-refractivity contribution >= 4 is 29.2 Å². The molecule has 2 heterocycles. The number of halogens is 4. The van der Waals surface area contributed by atoms with Gasteiger partial charge in [-0.3, -0.25) is 14.7 Å². The van der Waals surface area contributed by atoms with Crippen LogP contribution in [0.3, 0.4) is 0 Å². The van der Waals surface area contributed by atoms with Gasteiger partial charge in [0.15, 0.2) is 0 Å². The molecule has 0 saturated carbocycles. The van der Waals surface area contributed by atoms with Gasteiger partial charge in [0.05, 0.1) is 29.0 Å². The third kappa shape index (κ3) is 3.89. The third-order valence-corrected chi connectivity index (χ3v) is 4.90. The Bertz CT molecular complexity index is 892. The quantitative estimate of drug-likeness (QED) is 0.838. The first-order chi connectivity index (χ1) is 13.2. The van der Waals surface area contributed by atoms with Crippen molar-refractivity contribution in [3.05, 3.63) is 58.9 Å². The van der Waals surface area contributed by atoms with Crippen molar-refractivity contribution in [3.8, 4) is 0 Å². The van der Waals surface area contributed by atoms with Gasteiger partial charge >= 0.3 is 12.2 Å². The number of aromatic nitrogens is 1. The van der Waals surface area contributed by atoms with Crippen LogP contribution in [0.15, 0.2) is 42.7 Å². The predicted octanol–water partition coefficient (Wildman–Crippen LogP) is 3.31. The average molecular weight is 413 g/mol. The number of nitrogens with zero attached hydrogens (tertiary/aromatic N) is 3. The highest BCUT2D eigenvalue weighted by atomic mass is 35.5. The summed E-state index contributed by atoms with van der Waals surface area (Å²) in [5, 5.41) is 2.10. The summed E-state index contributed by atoms with van der Waals surface area (Å²) in [5.74, 6) is -0.490. The second-order valence-electron chi connectivity index (χ2n) is 6.23. The second kappa shape index (κ2) is 7.67. The second-order valence-corrected chi connectivity index (χ2v) is 6.60. The molecule has 0 aliphatic carbocycles. The van der Waals surface area contributed by atoms with Gasteiger partial charge in [0.1, 0.15) is 6.04 Å². The normalized spacial score (nSPS) is 17.2. The number of alkyl halides is 3. The lowest BCUT2D eigenvalue weighted by Gasteiger charge is -2.18. The molecule has 1 atom stereocenters. The largest absolute Gasteiger partial charge is 0.417 e. The van der Waals surface area contributed by atoms with E-state index in [1.165, 1.54) is 35.2 Å². The summed E-state index contributed by atoms with van der Waals surface area (Å²) in [6.45, 7) is -0.0871. The molecule has 2 aromatic rings. The van der Waals surface area contributed by atoms with E-state index in [4.69, 9.17) is 11.6 Å². The fraction of sp³-hybridized carbons (Fsp3) is 0.278. The molecule has 1 aliphatic rings. The molecule has 6 nitrogen and oxygen atoms in total. The van der Waals surface area contributed by atoms with Crippen LogP contribution in [0.25, 0.3) is 0 Å². The van der Waals surface area contributed by atoms with Crippen LogP contribution in [0, 0.1) is 0 Å². The Hall–Kier alpha value is -2.81. The van der Waals surface area contributed by atoms with Crippen LogP contribution in [-0.4, -0.2) is 41.5 Å². The van der Waals surface area contributed by atoms with E-state index in [0.717, 1.165) is 6.07 Å². The summed E-state index contributed by atoms with van der Waals surface area (Å²) in [4.78, 5) is 31.6. The molecule has 0 spiro atoms. The Morgan fingerprint density at radius 3 is 2.71 bits per heavy atom. The number of anilines is 1. The maximum atomic E-state index is 12.9. The summed E-state index contributed by atoms with van der Waals surface area (Å²) in [6, 6.07) is 5.72. The van der Waals surface area contributed by atoms with Gasteiger partial charge in [0.25, 0.3) is 0 Å². The lowest BCUT2D eigenvalue weighted by atomic mass is 10.1. The number of likely N-dealkylation sites (N-methyl/N-ethyl adjacent to an activating group) is 1. The Morgan fingerprint density at radius 2 is 2.07 bits per heavy atom. The van der Waals surface area contributed by atoms with Crippen LogP contribution in [0.2, 0.25) is 5.02 Å². The first kappa shape index (κ1) is 19.9. The molecule has 1 unspecified atom stereocenters. The Kier molecular flexibility index (Phi) is 5.46. The molecule has 28 heavy (non-hydrogen) atoms. The Labute approximate surface area is 163 Å². The van der Waals surface area contributed by atoms with E-state index in [2.05, 4.69) is 10.3 Å². The van der Waals surface area contributed by atoms with Crippen LogP contribution >= 0.6 is 11.6 Å². The molecule has 1 fully saturated rings. The van der Waals surface area contributed by atoms with Crippen molar-refractivity contribution in [1.82, 2.24) is 15.2 Å². The summed E-state index contributed by atoms with van der Waals surface area (Å²) >= 11 is 5.84. The monoisotopic (exact) mass is 412 g/mol. The SMILES string of the molecule is CN1C(=O)N(c2cccnc2)CC1C(=O)NCc1cccc(C(F)(F)F)c1Cl. The predicted molar refractivity (Wildman–Crippen MR) is 96.8 cm³/mol. The van der Waals surface area contributed by atoms with Gasteiger partial charge in [0.2, 0.25) is 5.91 Å². The van der Waals surface area contributed by atoms with E-state index in [9.17, 15) is 22.8 Å². The van der Waals surface area contributed by atoms with Gasteiger partial charge in [-0.15, -0.1) is 0 Å². The Balaban J connectivity index is 1.70. The summed E-state index contributed by atoms with van der Waals surface area (Å²) in [5.41, 5.74) is -0.270. The van der Waals surface area contributed by atoms with Gasteiger partial charge in [-0.05, 0) is 23.8 Å². The lowest BCUT2D eigenvalue weighted by Crippen LogP contribution is -2.43. The van der Waals surface area contributed by atoms with Crippen molar-refractivity contribution in [2.24, 2.45) is 0 Å². The van der Waals surface area contributed by atoms with E-state index in [1.54, 1.807) is 18.3 Å². The summed E-state index contributed by atoms with van der Waals surface area (Å²) in [7, 11) is 1.49. The summed E-state index contributed by atoms with van der Waals surface area (Å²) in [6.07, 6.45) is -1.51. The molecule has 3 rings (SSSR count). The van der Waals surface area contributed by atoms with Gasteiger partial charge in [-0.25, -0.2) is 4.79 Å². The highest BCUT2D eigenvalue weighted by Gasteiger charge is 2.40. The summed E-state index contributed by atoms with van der Waals surface area (Å²) < 4.78 is 38.8. The first-order valence-corrected chi connectivity index (χ1v) is 8.64. The van der Waals surface area contributed by atoms with Crippen molar-refractivity contribution in [1.29, 1.82) is 0 Å². The number of carbonyl (C=O) groups excluding carboxylic acids is 2. The van der Waals surface area contributed by atoms with Crippen molar-refractivity contribution in [3.63, 3.8) is 0 Å². The molecule has 10 heteroatoms.